The first kappa shape index (κ1) is 16.7. The highest BCUT2D eigenvalue weighted by atomic mass is 19.4. The van der Waals surface area contributed by atoms with Crippen molar-refractivity contribution < 1.29 is 18.0 Å². The predicted molar refractivity (Wildman–Crippen MR) is 60.3 cm³/mol. The minimum Gasteiger partial charge on any atom is -0.340 e. The molecule has 0 rings (SSSR count). The highest BCUT2D eigenvalue weighted by Crippen LogP contribution is 2.29. The molecule has 0 bridgehead atoms. The van der Waals surface area contributed by atoms with Crippen molar-refractivity contribution in [2.24, 2.45) is 11.7 Å². The molecule has 0 radical (unpaired) electrons. The molecule has 0 aliphatic carbocycles. The lowest BCUT2D eigenvalue weighted by Crippen LogP contribution is -2.62. The quantitative estimate of drug-likeness (QED) is 0.822. The van der Waals surface area contributed by atoms with Crippen molar-refractivity contribution in [3.8, 4) is 6.07 Å². The number of carbonyl (C=O) groups excluding carboxylic acids is 1. The molecular formula is C11H18F3N3O. The van der Waals surface area contributed by atoms with Crippen molar-refractivity contribution in [2.45, 2.75) is 38.9 Å². The fourth-order valence-corrected chi connectivity index (χ4v) is 1.35. The normalized spacial score (nSPS) is 15.1. The number of nitriles is 1. The van der Waals surface area contributed by atoms with Crippen LogP contribution in [0.15, 0.2) is 0 Å². The van der Waals surface area contributed by atoms with E-state index in [4.69, 9.17) is 11.0 Å². The molecule has 0 aromatic carbocycles. The highest BCUT2D eigenvalue weighted by Gasteiger charge is 2.55. The fraction of sp³-hybridized carbons (Fsp3) is 0.818. The molecule has 1 atom stereocenters. The molecule has 0 heterocycles. The van der Waals surface area contributed by atoms with Gasteiger partial charge in [-0.2, -0.15) is 18.4 Å². The number of carbonyl (C=O) groups is 1. The third-order valence-corrected chi connectivity index (χ3v) is 2.40. The van der Waals surface area contributed by atoms with Gasteiger partial charge in [0.05, 0.1) is 12.5 Å². The van der Waals surface area contributed by atoms with E-state index in [1.807, 2.05) is 0 Å². The van der Waals surface area contributed by atoms with Crippen LogP contribution in [-0.4, -0.2) is 35.6 Å². The summed E-state index contributed by atoms with van der Waals surface area (Å²) in [6, 6.07) is 1.80. The molecule has 0 spiro atoms. The molecule has 0 saturated heterocycles. The number of nitrogens with zero attached hydrogens (tertiary/aromatic N) is 2. The van der Waals surface area contributed by atoms with Crippen molar-refractivity contribution in [1.82, 2.24) is 4.90 Å². The van der Waals surface area contributed by atoms with E-state index in [0.717, 1.165) is 4.90 Å². The Morgan fingerprint density at radius 3 is 2.28 bits per heavy atom. The van der Waals surface area contributed by atoms with Crippen LogP contribution in [0.2, 0.25) is 0 Å². The number of hydrogen-bond donors (Lipinski definition) is 1. The van der Waals surface area contributed by atoms with Crippen molar-refractivity contribution in [2.75, 3.05) is 13.1 Å². The molecular weight excluding hydrogens is 247 g/mol. The Balaban J connectivity index is 5.01. The van der Waals surface area contributed by atoms with Crippen LogP contribution < -0.4 is 5.73 Å². The summed E-state index contributed by atoms with van der Waals surface area (Å²) < 4.78 is 38.0. The minimum absolute atomic E-state index is 0.00308. The van der Waals surface area contributed by atoms with E-state index < -0.39 is 17.6 Å². The summed E-state index contributed by atoms with van der Waals surface area (Å²) in [5.74, 6) is -1.20. The third kappa shape index (κ3) is 4.18. The second kappa shape index (κ2) is 6.05. The van der Waals surface area contributed by atoms with Crippen LogP contribution in [0.4, 0.5) is 13.2 Å². The molecule has 0 aromatic heterocycles. The maximum absolute atomic E-state index is 12.7. The van der Waals surface area contributed by atoms with Gasteiger partial charge in [0.2, 0.25) is 0 Å². The van der Waals surface area contributed by atoms with Crippen molar-refractivity contribution in [3.63, 3.8) is 0 Å². The molecule has 0 aliphatic rings. The summed E-state index contributed by atoms with van der Waals surface area (Å²) in [6.07, 6.45) is -4.83. The monoisotopic (exact) mass is 265 g/mol. The van der Waals surface area contributed by atoms with Crippen LogP contribution in [0.1, 0.15) is 27.2 Å². The van der Waals surface area contributed by atoms with Gasteiger partial charge >= 0.3 is 6.18 Å². The van der Waals surface area contributed by atoms with Gasteiger partial charge in [-0.25, -0.2) is 0 Å². The molecule has 2 N–H and O–H groups in total. The second-order valence-electron chi connectivity index (χ2n) is 4.75. The number of alkyl halides is 3. The van der Waals surface area contributed by atoms with Crippen LogP contribution in [0.25, 0.3) is 0 Å². The maximum atomic E-state index is 12.7. The zero-order valence-electron chi connectivity index (χ0n) is 10.7. The van der Waals surface area contributed by atoms with Gasteiger partial charge in [0.25, 0.3) is 5.91 Å². The van der Waals surface area contributed by atoms with Crippen LogP contribution >= 0.6 is 0 Å². The lowest BCUT2D eigenvalue weighted by molar-refractivity contribution is -0.194. The van der Waals surface area contributed by atoms with Gasteiger partial charge in [-0.05, 0) is 12.8 Å². The average Bonchev–Trinajstić information content (AvgIpc) is 2.20. The Morgan fingerprint density at radius 1 is 1.44 bits per heavy atom. The van der Waals surface area contributed by atoms with Gasteiger partial charge in [0, 0.05) is 13.1 Å². The van der Waals surface area contributed by atoms with E-state index in [-0.39, 0.29) is 25.4 Å². The summed E-state index contributed by atoms with van der Waals surface area (Å²) in [5, 5.41) is 8.45. The van der Waals surface area contributed by atoms with Crippen LogP contribution in [-0.2, 0) is 4.79 Å². The number of halogens is 3. The van der Waals surface area contributed by atoms with Crippen LogP contribution in [0.3, 0.4) is 0 Å². The summed E-state index contributed by atoms with van der Waals surface area (Å²) in [5.41, 5.74) is 2.17. The van der Waals surface area contributed by atoms with Gasteiger partial charge in [-0.3, -0.25) is 4.79 Å². The molecule has 18 heavy (non-hydrogen) atoms. The van der Waals surface area contributed by atoms with E-state index in [2.05, 4.69) is 0 Å². The minimum atomic E-state index is -4.81. The fourth-order valence-electron chi connectivity index (χ4n) is 1.35. The van der Waals surface area contributed by atoms with E-state index in [0.29, 0.717) is 6.92 Å². The Bertz CT molecular complexity index is 331. The van der Waals surface area contributed by atoms with Gasteiger partial charge in [0.1, 0.15) is 0 Å². The first-order chi connectivity index (χ1) is 8.04. The average molecular weight is 265 g/mol. The van der Waals surface area contributed by atoms with E-state index in [1.54, 1.807) is 19.9 Å². The van der Waals surface area contributed by atoms with Crippen molar-refractivity contribution in [1.29, 1.82) is 5.26 Å². The zero-order valence-corrected chi connectivity index (χ0v) is 10.7. The van der Waals surface area contributed by atoms with E-state index >= 15 is 0 Å². The number of amides is 1. The molecule has 0 aliphatic heterocycles. The van der Waals surface area contributed by atoms with Crippen LogP contribution in [0.5, 0.6) is 0 Å². The van der Waals surface area contributed by atoms with Crippen LogP contribution in [0, 0.1) is 17.2 Å². The molecule has 1 amide bonds. The Morgan fingerprint density at radius 2 is 1.94 bits per heavy atom. The first-order valence-electron chi connectivity index (χ1n) is 5.56. The predicted octanol–water partition coefficient (Wildman–Crippen LogP) is 1.66. The number of hydrogen-bond acceptors (Lipinski definition) is 3. The Kier molecular flexibility index (Phi) is 5.61. The molecule has 104 valence electrons. The van der Waals surface area contributed by atoms with Gasteiger partial charge < -0.3 is 10.6 Å². The van der Waals surface area contributed by atoms with Gasteiger partial charge in [0.15, 0.2) is 5.54 Å². The van der Waals surface area contributed by atoms with Crippen molar-refractivity contribution in [3.05, 3.63) is 0 Å². The number of rotatable bonds is 5. The maximum Gasteiger partial charge on any atom is 0.415 e. The van der Waals surface area contributed by atoms with Crippen molar-refractivity contribution >= 4 is 5.91 Å². The summed E-state index contributed by atoms with van der Waals surface area (Å²) in [7, 11) is 0. The summed E-state index contributed by atoms with van der Waals surface area (Å²) in [6.45, 7) is 4.29. The topological polar surface area (TPSA) is 70.1 Å². The Labute approximate surface area is 105 Å². The van der Waals surface area contributed by atoms with E-state index in [1.165, 1.54) is 0 Å². The second-order valence-corrected chi connectivity index (χ2v) is 4.75. The van der Waals surface area contributed by atoms with Gasteiger partial charge in [-0.1, -0.05) is 13.8 Å². The molecule has 0 fully saturated rings. The van der Waals surface area contributed by atoms with Gasteiger partial charge in [-0.15, -0.1) is 0 Å². The third-order valence-electron chi connectivity index (χ3n) is 2.40. The highest BCUT2D eigenvalue weighted by molar-refractivity contribution is 5.86. The lowest BCUT2D eigenvalue weighted by atomic mass is 10.0. The zero-order chi connectivity index (χ0) is 14.6. The number of nitrogens with two attached hydrogens (primary N) is 1. The SMILES string of the molecule is CC(C)CN(CCC#N)C(=O)C(C)(N)C(F)(F)F. The standard InChI is InChI=1S/C11H18F3N3O/c1-8(2)7-17(6-4-5-15)9(18)10(3,16)11(12,13)14/h8H,4,6-7,16H2,1-3H3. The summed E-state index contributed by atoms with van der Waals surface area (Å²) in [4.78, 5) is 12.8. The molecule has 1 unspecified atom stereocenters. The molecule has 0 aromatic rings. The largest absolute Gasteiger partial charge is 0.415 e. The Hall–Kier alpha value is -1.29. The lowest BCUT2D eigenvalue weighted by Gasteiger charge is -2.33. The molecule has 7 heteroatoms. The summed E-state index contributed by atoms with van der Waals surface area (Å²) >= 11 is 0. The first-order valence-corrected chi connectivity index (χ1v) is 5.56. The van der Waals surface area contributed by atoms with E-state index in [9.17, 15) is 18.0 Å². The molecule has 4 nitrogen and oxygen atoms in total. The smallest absolute Gasteiger partial charge is 0.340 e. The molecule has 0 saturated carbocycles.